The molecule has 1 saturated heterocycles. The highest BCUT2D eigenvalue weighted by atomic mass is 16.5. The third kappa shape index (κ3) is 3.92. The van der Waals surface area contributed by atoms with Crippen LogP contribution in [0.4, 0.5) is 0 Å². The minimum atomic E-state index is -0.407. The van der Waals surface area contributed by atoms with Gasteiger partial charge < -0.3 is 19.9 Å². The van der Waals surface area contributed by atoms with Gasteiger partial charge in [-0.3, -0.25) is 0 Å². The first-order valence-electron chi connectivity index (χ1n) is 7.36. The zero-order valence-corrected chi connectivity index (χ0v) is 11.5. The second-order valence-corrected chi connectivity index (χ2v) is 5.69. The van der Waals surface area contributed by atoms with Gasteiger partial charge >= 0.3 is 0 Å². The molecule has 2 N–H and O–H groups in total. The van der Waals surface area contributed by atoms with Gasteiger partial charge in [-0.05, 0) is 38.5 Å². The fourth-order valence-electron chi connectivity index (χ4n) is 2.76. The van der Waals surface area contributed by atoms with E-state index in [-0.39, 0.29) is 6.10 Å². The van der Waals surface area contributed by atoms with E-state index in [1.54, 1.807) is 0 Å². The standard InChI is InChI=1S/C14H27NO3/c1-2-14(6-4-7-14)15-9-12(16)10-17-11-13-5-3-8-18-13/h12-13,15-16H,2-11H2,1H3. The third-order valence-corrected chi connectivity index (χ3v) is 4.34. The first-order chi connectivity index (χ1) is 8.74. The van der Waals surface area contributed by atoms with E-state index in [0.717, 1.165) is 25.9 Å². The molecule has 106 valence electrons. The number of β-amino-alcohol motifs (C(OH)–C–C–N with tert-alkyl or cyclic N) is 1. The smallest absolute Gasteiger partial charge is 0.0897 e. The van der Waals surface area contributed by atoms with Crippen molar-refractivity contribution in [3.05, 3.63) is 0 Å². The molecule has 1 heterocycles. The Morgan fingerprint density at radius 1 is 1.44 bits per heavy atom. The van der Waals surface area contributed by atoms with Crippen molar-refractivity contribution in [3.8, 4) is 0 Å². The summed E-state index contributed by atoms with van der Waals surface area (Å²) in [5.74, 6) is 0. The topological polar surface area (TPSA) is 50.7 Å². The van der Waals surface area contributed by atoms with Gasteiger partial charge in [0.1, 0.15) is 0 Å². The molecule has 0 bridgehead atoms. The predicted octanol–water partition coefficient (Wildman–Crippen LogP) is 1.47. The van der Waals surface area contributed by atoms with Crippen LogP contribution in [0, 0.1) is 0 Å². The lowest BCUT2D eigenvalue weighted by Crippen LogP contribution is -2.53. The Morgan fingerprint density at radius 2 is 2.28 bits per heavy atom. The summed E-state index contributed by atoms with van der Waals surface area (Å²) >= 11 is 0. The maximum atomic E-state index is 9.87. The van der Waals surface area contributed by atoms with Crippen LogP contribution < -0.4 is 5.32 Å². The largest absolute Gasteiger partial charge is 0.389 e. The van der Waals surface area contributed by atoms with Crippen LogP contribution in [0.5, 0.6) is 0 Å². The molecule has 4 nitrogen and oxygen atoms in total. The lowest BCUT2D eigenvalue weighted by atomic mass is 9.75. The monoisotopic (exact) mass is 257 g/mol. The molecule has 0 amide bonds. The molecule has 4 heteroatoms. The molecule has 2 unspecified atom stereocenters. The summed E-state index contributed by atoms with van der Waals surface area (Å²) in [6.07, 6.45) is 7.02. The fourth-order valence-corrected chi connectivity index (χ4v) is 2.76. The first-order valence-corrected chi connectivity index (χ1v) is 7.36. The van der Waals surface area contributed by atoms with Gasteiger partial charge in [-0.2, -0.15) is 0 Å². The quantitative estimate of drug-likeness (QED) is 0.691. The Morgan fingerprint density at radius 3 is 2.83 bits per heavy atom. The Labute approximate surface area is 110 Å². The summed E-state index contributed by atoms with van der Waals surface area (Å²) in [5, 5.41) is 13.4. The van der Waals surface area contributed by atoms with Crippen LogP contribution in [-0.2, 0) is 9.47 Å². The van der Waals surface area contributed by atoms with Crippen LogP contribution in [0.2, 0.25) is 0 Å². The van der Waals surface area contributed by atoms with Gasteiger partial charge in [0.05, 0.1) is 25.4 Å². The van der Waals surface area contributed by atoms with E-state index in [2.05, 4.69) is 12.2 Å². The summed E-state index contributed by atoms with van der Waals surface area (Å²) < 4.78 is 11.0. The maximum absolute atomic E-state index is 9.87. The van der Waals surface area contributed by atoms with Crippen molar-refractivity contribution in [2.24, 2.45) is 0 Å². The number of nitrogens with one attached hydrogen (secondary N) is 1. The van der Waals surface area contributed by atoms with E-state index in [1.165, 1.54) is 19.3 Å². The van der Waals surface area contributed by atoms with Crippen LogP contribution >= 0.6 is 0 Å². The molecular weight excluding hydrogens is 230 g/mol. The van der Waals surface area contributed by atoms with Crippen LogP contribution in [0.25, 0.3) is 0 Å². The van der Waals surface area contributed by atoms with Crippen molar-refractivity contribution in [1.29, 1.82) is 0 Å². The average molecular weight is 257 g/mol. The fraction of sp³-hybridized carbons (Fsp3) is 1.00. The highest BCUT2D eigenvalue weighted by molar-refractivity contribution is 4.94. The third-order valence-electron chi connectivity index (χ3n) is 4.34. The molecule has 1 aliphatic heterocycles. The van der Waals surface area contributed by atoms with Gasteiger partial charge in [0, 0.05) is 18.7 Å². The van der Waals surface area contributed by atoms with Crippen molar-refractivity contribution in [2.45, 2.75) is 63.2 Å². The summed E-state index contributed by atoms with van der Waals surface area (Å²) in [6, 6.07) is 0. The van der Waals surface area contributed by atoms with Crippen LogP contribution in [0.1, 0.15) is 45.4 Å². The Balaban J connectivity index is 1.53. The molecular formula is C14H27NO3. The summed E-state index contributed by atoms with van der Waals surface area (Å²) in [7, 11) is 0. The molecule has 18 heavy (non-hydrogen) atoms. The number of ether oxygens (including phenoxy) is 2. The van der Waals surface area contributed by atoms with Crippen molar-refractivity contribution in [2.75, 3.05) is 26.4 Å². The minimum Gasteiger partial charge on any atom is -0.389 e. The highest BCUT2D eigenvalue weighted by Gasteiger charge is 2.34. The molecule has 0 spiro atoms. The molecule has 2 atom stereocenters. The number of aliphatic hydroxyl groups is 1. The second-order valence-electron chi connectivity index (χ2n) is 5.69. The molecule has 1 aliphatic carbocycles. The molecule has 2 aliphatic rings. The lowest BCUT2D eigenvalue weighted by Gasteiger charge is -2.42. The van der Waals surface area contributed by atoms with Gasteiger partial charge in [0.15, 0.2) is 0 Å². The molecule has 2 rings (SSSR count). The van der Waals surface area contributed by atoms with E-state index in [1.807, 2.05) is 0 Å². The van der Waals surface area contributed by atoms with E-state index in [0.29, 0.717) is 25.3 Å². The average Bonchev–Trinajstić information content (AvgIpc) is 2.81. The van der Waals surface area contributed by atoms with Crippen molar-refractivity contribution in [3.63, 3.8) is 0 Å². The predicted molar refractivity (Wildman–Crippen MR) is 70.7 cm³/mol. The Bertz CT molecular complexity index is 232. The number of rotatable bonds is 8. The zero-order chi connectivity index (χ0) is 12.8. The zero-order valence-electron chi connectivity index (χ0n) is 11.5. The number of aliphatic hydroxyl groups excluding tert-OH is 1. The molecule has 1 saturated carbocycles. The van der Waals surface area contributed by atoms with Crippen molar-refractivity contribution < 1.29 is 14.6 Å². The van der Waals surface area contributed by atoms with Gasteiger partial charge in [0.25, 0.3) is 0 Å². The van der Waals surface area contributed by atoms with Gasteiger partial charge in [-0.1, -0.05) is 6.92 Å². The maximum Gasteiger partial charge on any atom is 0.0897 e. The van der Waals surface area contributed by atoms with Gasteiger partial charge in [0.2, 0.25) is 0 Å². The highest BCUT2D eigenvalue weighted by Crippen LogP contribution is 2.34. The number of hydrogen-bond acceptors (Lipinski definition) is 4. The molecule has 0 radical (unpaired) electrons. The van der Waals surface area contributed by atoms with E-state index in [4.69, 9.17) is 9.47 Å². The Kier molecular flexibility index (Phi) is 5.42. The summed E-state index contributed by atoms with van der Waals surface area (Å²) in [5.41, 5.74) is 0.301. The van der Waals surface area contributed by atoms with Crippen LogP contribution in [0.3, 0.4) is 0 Å². The van der Waals surface area contributed by atoms with E-state index >= 15 is 0 Å². The summed E-state index contributed by atoms with van der Waals surface area (Å²) in [6.45, 7) is 4.74. The second kappa shape index (κ2) is 6.85. The van der Waals surface area contributed by atoms with Crippen LogP contribution in [-0.4, -0.2) is 49.2 Å². The van der Waals surface area contributed by atoms with Crippen molar-refractivity contribution >= 4 is 0 Å². The van der Waals surface area contributed by atoms with Crippen LogP contribution in [0.15, 0.2) is 0 Å². The first kappa shape index (κ1) is 14.3. The molecule has 2 fully saturated rings. The lowest BCUT2D eigenvalue weighted by molar-refractivity contribution is -0.0196. The minimum absolute atomic E-state index is 0.249. The molecule has 0 aromatic carbocycles. The molecule has 0 aromatic rings. The SMILES string of the molecule is CCC1(NCC(O)COCC2CCCO2)CCC1. The van der Waals surface area contributed by atoms with Gasteiger partial charge in [-0.15, -0.1) is 0 Å². The Hall–Kier alpha value is -0.160. The normalized spacial score (nSPS) is 28.0. The molecule has 0 aromatic heterocycles. The van der Waals surface area contributed by atoms with Crippen molar-refractivity contribution in [1.82, 2.24) is 5.32 Å². The van der Waals surface area contributed by atoms with Gasteiger partial charge in [-0.25, -0.2) is 0 Å². The summed E-state index contributed by atoms with van der Waals surface area (Å²) in [4.78, 5) is 0. The van der Waals surface area contributed by atoms with E-state index < -0.39 is 6.10 Å². The number of hydrogen-bond donors (Lipinski definition) is 2. The van der Waals surface area contributed by atoms with E-state index in [9.17, 15) is 5.11 Å².